The molecule has 0 saturated carbocycles. The van der Waals surface area contributed by atoms with Gasteiger partial charge in [-0.05, 0) is 42.8 Å². The molecule has 2 nitrogen and oxygen atoms in total. The van der Waals surface area contributed by atoms with Crippen LogP contribution in [0.1, 0.15) is 17.0 Å². The van der Waals surface area contributed by atoms with Crippen LogP contribution in [0.25, 0.3) is 0 Å². The standard InChI is InChI=1S/C17H19ClFNO/c1-20-11-13(14-5-3-4-6-15(14)18)9-12-7-8-17(21-2)16(19)10-12/h3-8,10,13,20H,9,11H2,1-2H3. The maximum absolute atomic E-state index is 13.8. The summed E-state index contributed by atoms with van der Waals surface area (Å²) in [5.74, 6) is 0.121. The molecule has 2 aromatic rings. The van der Waals surface area contributed by atoms with Gasteiger partial charge in [-0.3, -0.25) is 0 Å². The summed E-state index contributed by atoms with van der Waals surface area (Å²) >= 11 is 6.28. The van der Waals surface area contributed by atoms with Gasteiger partial charge in [0, 0.05) is 17.5 Å². The van der Waals surface area contributed by atoms with Gasteiger partial charge < -0.3 is 10.1 Å². The fourth-order valence-corrected chi connectivity index (χ4v) is 2.76. The van der Waals surface area contributed by atoms with E-state index in [0.717, 1.165) is 22.7 Å². The van der Waals surface area contributed by atoms with E-state index in [1.165, 1.54) is 13.2 Å². The highest BCUT2D eigenvalue weighted by atomic mass is 35.5. The molecule has 0 aliphatic heterocycles. The van der Waals surface area contributed by atoms with E-state index in [0.29, 0.717) is 6.42 Å². The van der Waals surface area contributed by atoms with Crippen molar-refractivity contribution >= 4 is 11.6 Å². The molecule has 2 aromatic carbocycles. The second kappa shape index (κ2) is 7.43. The number of likely N-dealkylation sites (N-methyl/N-ethyl adjacent to an activating group) is 1. The predicted octanol–water partition coefficient (Wildman–Crippen LogP) is 4.03. The summed E-state index contributed by atoms with van der Waals surface area (Å²) in [5.41, 5.74) is 2.00. The van der Waals surface area contributed by atoms with Gasteiger partial charge in [-0.25, -0.2) is 4.39 Å². The van der Waals surface area contributed by atoms with Gasteiger partial charge in [0.15, 0.2) is 11.6 Å². The summed E-state index contributed by atoms with van der Waals surface area (Å²) in [4.78, 5) is 0. The van der Waals surface area contributed by atoms with Crippen LogP contribution in [0.5, 0.6) is 5.75 Å². The molecule has 0 radical (unpaired) electrons. The molecule has 0 aliphatic carbocycles. The first-order valence-corrected chi connectivity index (χ1v) is 7.25. The minimum absolute atomic E-state index is 0.191. The fourth-order valence-electron chi connectivity index (χ4n) is 2.47. The third kappa shape index (κ3) is 3.96. The van der Waals surface area contributed by atoms with Crippen molar-refractivity contribution in [3.8, 4) is 5.75 Å². The lowest BCUT2D eigenvalue weighted by Crippen LogP contribution is -2.19. The zero-order valence-corrected chi connectivity index (χ0v) is 13.0. The molecule has 0 heterocycles. The minimum atomic E-state index is -0.336. The molecule has 0 saturated heterocycles. The van der Waals surface area contributed by atoms with Crippen molar-refractivity contribution in [2.45, 2.75) is 12.3 Å². The van der Waals surface area contributed by atoms with Gasteiger partial charge in [0.05, 0.1) is 7.11 Å². The molecule has 1 atom stereocenters. The molecule has 0 fully saturated rings. The van der Waals surface area contributed by atoms with Crippen molar-refractivity contribution < 1.29 is 9.13 Å². The van der Waals surface area contributed by atoms with Gasteiger partial charge in [0.2, 0.25) is 0 Å². The molecule has 2 rings (SSSR count). The number of benzene rings is 2. The monoisotopic (exact) mass is 307 g/mol. The van der Waals surface area contributed by atoms with Crippen molar-refractivity contribution in [2.75, 3.05) is 20.7 Å². The van der Waals surface area contributed by atoms with Crippen LogP contribution in [0, 0.1) is 5.82 Å². The van der Waals surface area contributed by atoms with Gasteiger partial charge in [-0.15, -0.1) is 0 Å². The van der Waals surface area contributed by atoms with Gasteiger partial charge in [-0.1, -0.05) is 35.9 Å². The summed E-state index contributed by atoms with van der Waals surface area (Å²) in [7, 11) is 3.37. The van der Waals surface area contributed by atoms with Crippen LogP contribution in [-0.4, -0.2) is 20.7 Å². The largest absolute Gasteiger partial charge is 0.494 e. The lowest BCUT2D eigenvalue weighted by Gasteiger charge is -2.19. The smallest absolute Gasteiger partial charge is 0.165 e. The van der Waals surface area contributed by atoms with Crippen LogP contribution in [-0.2, 0) is 6.42 Å². The Morgan fingerprint density at radius 1 is 1.24 bits per heavy atom. The van der Waals surface area contributed by atoms with Crippen LogP contribution in [0.3, 0.4) is 0 Å². The molecule has 0 aliphatic rings. The fraction of sp³-hybridized carbons (Fsp3) is 0.294. The highest BCUT2D eigenvalue weighted by Gasteiger charge is 2.15. The van der Waals surface area contributed by atoms with E-state index in [9.17, 15) is 4.39 Å². The Labute approximate surface area is 129 Å². The third-order valence-electron chi connectivity index (χ3n) is 3.49. The van der Waals surface area contributed by atoms with E-state index in [2.05, 4.69) is 5.32 Å². The van der Waals surface area contributed by atoms with E-state index >= 15 is 0 Å². The first-order valence-electron chi connectivity index (χ1n) is 6.87. The summed E-state index contributed by atoms with van der Waals surface area (Å²) in [6, 6.07) is 12.9. The summed E-state index contributed by atoms with van der Waals surface area (Å²) in [6.07, 6.45) is 0.714. The van der Waals surface area contributed by atoms with Crippen LogP contribution >= 0.6 is 11.6 Å². The van der Waals surface area contributed by atoms with Crippen molar-refractivity contribution in [1.29, 1.82) is 0 Å². The Hall–Kier alpha value is -1.58. The summed E-state index contributed by atoms with van der Waals surface area (Å²) in [5, 5.41) is 3.92. The molecule has 1 unspecified atom stereocenters. The van der Waals surface area contributed by atoms with E-state index in [-0.39, 0.29) is 17.5 Å². The number of ether oxygens (including phenoxy) is 1. The normalized spacial score (nSPS) is 12.2. The maximum atomic E-state index is 13.8. The van der Waals surface area contributed by atoms with Crippen LogP contribution in [0.15, 0.2) is 42.5 Å². The summed E-state index contributed by atoms with van der Waals surface area (Å²) < 4.78 is 18.7. The number of rotatable bonds is 6. The topological polar surface area (TPSA) is 21.3 Å². The Kier molecular flexibility index (Phi) is 5.59. The van der Waals surface area contributed by atoms with Crippen molar-refractivity contribution in [2.24, 2.45) is 0 Å². The minimum Gasteiger partial charge on any atom is -0.494 e. The Bertz CT molecular complexity index is 603. The maximum Gasteiger partial charge on any atom is 0.165 e. The van der Waals surface area contributed by atoms with Crippen LogP contribution in [0.4, 0.5) is 4.39 Å². The highest BCUT2D eigenvalue weighted by Crippen LogP contribution is 2.28. The van der Waals surface area contributed by atoms with Crippen LogP contribution in [0.2, 0.25) is 5.02 Å². The van der Waals surface area contributed by atoms with Gasteiger partial charge in [0.25, 0.3) is 0 Å². The molecule has 112 valence electrons. The average Bonchev–Trinajstić information content (AvgIpc) is 2.47. The molecule has 21 heavy (non-hydrogen) atoms. The number of nitrogens with one attached hydrogen (secondary N) is 1. The second-order valence-electron chi connectivity index (χ2n) is 4.95. The van der Waals surface area contributed by atoms with E-state index in [4.69, 9.17) is 16.3 Å². The number of methoxy groups -OCH3 is 1. The molecule has 4 heteroatoms. The van der Waals surface area contributed by atoms with Gasteiger partial charge in [-0.2, -0.15) is 0 Å². The Balaban J connectivity index is 2.24. The predicted molar refractivity (Wildman–Crippen MR) is 84.8 cm³/mol. The summed E-state index contributed by atoms with van der Waals surface area (Å²) in [6.45, 7) is 0.775. The van der Waals surface area contributed by atoms with Crippen LogP contribution < -0.4 is 10.1 Å². The van der Waals surface area contributed by atoms with Crippen molar-refractivity contribution in [3.05, 3.63) is 64.4 Å². The van der Waals surface area contributed by atoms with E-state index in [1.54, 1.807) is 6.07 Å². The lowest BCUT2D eigenvalue weighted by molar-refractivity contribution is 0.386. The first-order chi connectivity index (χ1) is 10.2. The lowest BCUT2D eigenvalue weighted by atomic mass is 9.91. The zero-order chi connectivity index (χ0) is 15.2. The number of halogens is 2. The molecule has 0 amide bonds. The number of hydrogen-bond acceptors (Lipinski definition) is 2. The number of hydrogen-bond donors (Lipinski definition) is 1. The third-order valence-corrected chi connectivity index (χ3v) is 3.84. The molecular formula is C17H19ClFNO. The zero-order valence-electron chi connectivity index (χ0n) is 12.2. The SMILES string of the molecule is CNCC(Cc1ccc(OC)c(F)c1)c1ccccc1Cl. The quantitative estimate of drug-likeness (QED) is 0.870. The molecule has 0 aromatic heterocycles. The van der Waals surface area contributed by atoms with Crippen molar-refractivity contribution in [3.63, 3.8) is 0 Å². The second-order valence-corrected chi connectivity index (χ2v) is 5.36. The Morgan fingerprint density at radius 2 is 2.00 bits per heavy atom. The van der Waals surface area contributed by atoms with E-state index < -0.39 is 0 Å². The molecule has 0 bridgehead atoms. The van der Waals surface area contributed by atoms with E-state index in [1.807, 2.05) is 37.4 Å². The molecule has 0 spiro atoms. The highest BCUT2D eigenvalue weighted by molar-refractivity contribution is 6.31. The van der Waals surface area contributed by atoms with Gasteiger partial charge in [0.1, 0.15) is 0 Å². The first kappa shape index (κ1) is 15.8. The van der Waals surface area contributed by atoms with Crippen molar-refractivity contribution in [1.82, 2.24) is 5.32 Å². The molecule has 1 N–H and O–H groups in total. The molecular weight excluding hydrogens is 289 g/mol. The Morgan fingerprint density at radius 3 is 2.62 bits per heavy atom. The van der Waals surface area contributed by atoms with Gasteiger partial charge >= 0.3 is 0 Å². The average molecular weight is 308 g/mol.